The monoisotopic (exact) mass is 324 g/mol. The van der Waals surface area contributed by atoms with E-state index < -0.39 is 0 Å². The van der Waals surface area contributed by atoms with Crippen molar-refractivity contribution in [2.45, 2.75) is 6.61 Å². The summed E-state index contributed by atoms with van der Waals surface area (Å²) in [6.45, 7) is 0.0827. The Morgan fingerprint density at radius 2 is 2.15 bits per heavy atom. The fourth-order valence-corrected chi connectivity index (χ4v) is 3.39. The third-order valence-electron chi connectivity index (χ3n) is 1.78. The number of hydrogen-bond acceptors (Lipinski definition) is 2. The highest BCUT2D eigenvalue weighted by Gasteiger charge is 2.05. The average molecular weight is 325 g/mol. The number of thiophene rings is 1. The molecule has 0 fully saturated rings. The van der Waals surface area contributed by atoms with Gasteiger partial charge in [-0.25, -0.2) is 0 Å². The number of fused-ring (bicyclic) bond motifs is 1. The predicted octanol–water partition coefficient (Wildman–Crippen LogP) is 3.65. The van der Waals surface area contributed by atoms with Crippen molar-refractivity contribution in [1.82, 2.24) is 0 Å². The van der Waals surface area contributed by atoms with Crippen LogP contribution in [0, 0.1) is 3.57 Å². The van der Waals surface area contributed by atoms with E-state index in [2.05, 4.69) is 22.6 Å². The molecule has 0 spiro atoms. The molecule has 0 aliphatic carbocycles. The lowest BCUT2D eigenvalue weighted by Gasteiger charge is -1.98. The summed E-state index contributed by atoms with van der Waals surface area (Å²) < 4.78 is 3.14. The van der Waals surface area contributed by atoms with Gasteiger partial charge in [-0.1, -0.05) is 11.6 Å². The van der Waals surface area contributed by atoms with Gasteiger partial charge in [0.1, 0.15) is 0 Å². The maximum absolute atomic E-state index is 9.00. The molecule has 13 heavy (non-hydrogen) atoms. The third-order valence-corrected chi connectivity index (χ3v) is 4.31. The highest BCUT2D eigenvalue weighted by atomic mass is 127. The summed E-state index contributed by atoms with van der Waals surface area (Å²) in [5, 5.41) is 10.1. The molecule has 0 saturated heterocycles. The van der Waals surface area contributed by atoms with Crippen LogP contribution in [-0.4, -0.2) is 5.11 Å². The molecule has 4 heteroatoms. The second-order valence-corrected chi connectivity index (χ2v) is 5.55. The Kier molecular flexibility index (Phi) is 2.78. The van der Waals surface area contributed by atoms with Gasteiger partial charge in [-0.05, 0) is 51.7 Å². The minimum Gasteiger partial charge on any atom is -0.392 e. The highest BCUT2D eigenvalue weighted by molar-refractivity contribution is 14.1. The maximum atomic E-state index is 9.00. The number of halogens is 2. The minimum absolute atomic E-state index is 0.0827. The van der Waals surface area contributed by atoms with Crippen molar-refractivity contribution in [1.29, 1.82) is 0 Å². The molecule has 0 amide bonds. The fraction of sp³-hybridized carbons (Fsp3) is 0.111. The number of benzene rings is 1. The van der Waals surface area contributed by atoms with Crippen LogP contribution < -0.4 is 0 Å². The first-order chi connectivity index (χ1) is 6.20. The Morgan fingerprint density at radius 3 is 2.85 bits per heavy atom. The van der Waals surface area contributed by atoms with Crippen LogP contribution in [0.25, 0.3) is 10.1 Å². The highest BCUT2D eigenvalue weighted by Crippen LogP contribution is 2.33. The summed E-state index contributed by atoms with van der Waals surface area (Å²) in [7, 11) is 0. The van der Waals surface area contributed by atoms with Crippen molar-refractivity contribution in [2.24, 2.45) is 0 Å². The standard InChI is InChI=1S/C9H6ClIOS/c10-8-3-6-1-5(4-12)2-7(11)9(6)13-8/h1-3,12H,4H2. The number of rotatable bonds is 1. The third kappa shape index (κ3) is 1.83. The van der Waals surface area contributed by atoms with Gasteiger partial charge < -0.3 is 5.11 Å². The van der Waals surface area contributed by atoms with E-state index in [1.807, 2.05) is 18.2 Å². The predicted molar refractivity (Wildman–Crippen MR) is 65.5 cm³/mol. The van der Waals surface area contributed by atoms with Crippen molar-refractivity contribution in [3.63, 3.8) is 0 Å². The Balaban J connectivity index is 2.75. The van der Waals surface area contributed by atoms with Gasteiger partial charge in [0.25, 0.3) is 0 Å². The lowest BCUT2D eigenvalue weighted by Crippen LogP contribution is -1.83. The normalized spacial score (nSPS) is 11.0. The largest absolute Gasteiger partial charge is 0.392 e. The summed E-state index contributed by atoms with van der Waals surface area (Å²) in [4.78, 5) is 0. The van der Waals surface area contributed by atoms with Crippen molar-refractivity contribution < 1.29 is 5.11 Å². The summed E-state index contributed by atoms with van der Waals surface area (Å²) >= 11 is 9.74. The fourth-order valence-electron chi connectivity index (χ4n) is 1.23. The van der Waals surface area contributed by atoms with E-state index in [1.165, 1.54) is 4.70 Å². The van der Waals surface area contributed by atoms with Crippen LogP contribution in [0.3, 0.4) is 0 Å². The molecule has 0 atom stereocenters. The van der Waals surface area contributed by atoms with Crippen LogP contribution >= 0.6 is 45.5 Å². The topological polar surface area (TPSA) is 20.2 Å². The molecule has 0 radical (unpaired) electrons. The van der Waals surface area contributed by atoms with Gasteiger partial charge in [-0.2, -0.15) is 0 Å². The van der Waals surface area contributed by atoms with E-state index in [1.54, 1.807) is 11.3 Å². The van der Waals surface area contributed by atoms with Gasteiger partial charge in [-0.3, -0.25) is 0 Å². The number of aliphatic hydroxyl groups is 1. The second kappa shape index (κ2) is 3.73. The van der Waals surface area contributed by atoms with Crippen LogP contribution in [0.4, 0.5) is 0 Å². The molecule has 0 aliphatic rings. The smallest absolute Gasteiger partial charge is 0.0941 e. The van der Waals surface area contributed by atoms with E-state index in [0.29, 0.717) is 0 Å². The molecule has 1 aromatic carbocycles. The van der Waals surface area contributed by atoms with Crippen LogP contribution in [0.1, 0.15) is 5.56 Å². The zero-order valence-corrected chi connectivity index (χ0v) is 10.3. The molecule has 1 heterocycles. The first kappa shape index (κ1) is 9.71. The molecule has 0 aliphatic heterocycles. The van der Waals surface area contributed by atoms with Crippen molar-refractivity contribution in [3.05, 3.63) is 31.7 Å². The Morgan fingerprint density at radius 1 is 1.38 bits per heavy atom. The summed E-state index contributed by atoms with van der Waals surface area (Å²) in [5.41, 5.74) is 0.936. The lowest BCUT2D eigenvalue weighted by atomic mass is 10.2. The molecular formula is C9H6ClIOS. The average Bonchev–Trinajstić information content (AvgIpc) is 2.46. The number of aliphatic hydroxyl groups excluding tert-OH is 1. The zero-order chi connectivity index (χ0) is 9.42. The molecule has 0 unspecified atom stereocenters. The molecule has 0 bridgehead atoms. The summed E-state index contributed by atoms with van der Waals surface area (Å²) in [6.07, 6.45) is 0. The second-order valence-electron chi connectivity index (χ2n) is 2.70. The van der Waals surface area contributed by atoms with Gasteiger partial charge in [0.05, 0.1) is 10.9 Å². The van der Waals surface area contributed by atoms with Crippen LogP contribution in [0.15, 0.2) is 18.2 Å². The maximum Gasteiger partial charge on any atom is 0.0941 e. The van der Waals surface area contributed by atoms with E-state index in [4.69, 9.17) is 16.7 Å². The van der Waals surface area contributed by atoms with Gasteiger partial charge in [0.2, 0.25) is 0 Å². The Bertz CT molecular complexity index is 452. The molecule has 1 N–H and O–H groups in total. The Labute approximate surface area is 98.5 Å². The van der Waals surface area contributed by atoms with Crippen molar-refractivity contribution in [2.75, 3.05) is 0 Å². The van der Waals surface area contributed by atoms with E-state index in [0.717, 1.165) is 18.9 Å². The van der Waals surface area contributed by atoms with Gasteiger partial charge in [0.15, 0.2) is 0 Å². The van der Waals surface area contributed by atoms with E-state index in [9.17, 15) is 0 Å². The lowest BCUT2D eigenvalue weighted by molar-refractivity contribution is 0.282. The van der Waals surface area contributed by atoms with E-state index in [-0.39, 0.29) is 6.61 Å². The molecule has 2 rings (SSSR count). The van der Waals surface area contributed by atoms with E-state index >= 15 is 0 Å². The molecule has 68 valence electrons. The summed E-state index contributed by atoms with van der Waals surface area (Å²) in [5.74, 6) is 0. The van der Waals surface area contributed by atoms with Crippen molar-refractivity contribution >= 4 is 55.6 Å². The van der Waals surface area contributed by atoms with Crippen molar-refractivity contribution in [3.8, 4) is 0 Å². The summed E-state index contributed by atoms with van der Waals surface area (Å²) in [6, 6.07) is 5.89. The van der Waals surface area contributed by atoms with Crippen LogP contribution in [-0.2, 0) is 6.61 Å². The first-order valence-corrected chi connectivity index (χ1v) is 5.96. The SMILES string of the molecule is OCc1cc(I)c2sc(Cl)cc2c1. The number of hydrogen-bond donors (Lipinski definition) is 1. The zero-order valence-electron chi connectivity index (χ0n) is 6.55. The molecule has 0 saturated carbocycles. The van der Waals surface area contributed by atoms with Gasteiger partial charge in [0, 0.05) is 8.27 Å². The first-order valence-electron chi connectivity index (χ1n) is 3.69. The Hall–Kier alpha value is 0.160. The van der Waals surface area contributed by atoms with Crippen LogP contribution in [0.2, 0.25) is 4.34 Å². The molecule has 1 nitrogen and oxygen atoms in total. The molecule has 2 aromatic rings. The molecule has 1 aromatic heterocycles. The van der Waals surface area contributed by atoms with Gasteiger partial charge in [-0.15, -0.1) is 11.3 Å². The van der Waals surface area contributed by atoms with Gasteiger partial charge >= 0.3 is 0 Å². The minimum atomic E-state index is 0.0827. The molecular weight excluding hydrogens is 319 g/mol. The van der Waals surface area contributed by atoms with Crippen LogP contribution in [0.5, 0.6) is 0 Å². The quantitative estimate of drug-likeness (QED) is 0.794.